The van der Waals surface area contributed by atoms with E-state index in [4.69, 9.17) is 5.73 Å². The van der Waals surface area contributed by atoms with Gasteiger partial charge in [-0.3, -0.25) is 14.8 Å². The number of hydrogen-bond donors (Lipinski definition) is 2. The summed E-state index contributed by atoms with van der Waals surface area (Å²) in [5.41, 5.74) is 9.02. The SMILES string of the molecule is NC(=O)[C@@H]1CCCN(C2CCN(c3cccc(-c4ccn[nH]4)c3)CC2)C1. The molecule has 0 unspecified atom stereocenters. The molecular formula is C20H27N5O. The summed E-state index contributed by atoms with van der Waals surface area (Å²) in [5.74, 6) is -0.101. The van der Waals surface area contributed by atoms with Gasteiger partial charge in [-0.05, 0) is 50.4 Å². The van der Waals surface area contributed by atoms with E-state index in [9.17, 15) is 4.79 Å². The van der Waals surface area contributed by atoms with Crippen LogP contribution in [0.25, 0.3) is 11.3 Å². The Morgan fingerprint density at radius 2 is 2.00 bits per heavy atom. The second-order valence-electron chi connectivity index (χ2n) is 7.48. The summed E-state index contributed by atoms with van der Waals surface area (Å²) in [5, 5.41) is 7.08. The van der Waals surface area contributed by atoms with Crippen LogP contribution in [0.3, 0.4) is 0 Å². The summed E-state index contributed by atoms with van der Waals surface area (Å²) in [7, 11) is 0. The average Bonchev–Trinajstić information content (AvgIpc) is 3.23. The fourth-order valence-corrected chi connectivity index (χ4v) is 4.35. The van der Waals surface area contributed by atoms with Gasteiger partial charge in [-0.25, -0.2) is 0 Å². The zero-order chi connectivity index (χ0) is 17.9. The smallest absolute Gasteiger partial charge is 0.221 e. The third-order valence-electron chi connectivity index (χ3n) is 5.86. The van der Waals surface area contributed by atoms with Crippen molar-refractivity contribution in [3.63, 3.8) is 0 Å². The molecular weight excluding hydrogens is 326 g/mol. The van der Waals surface area contributed by atoms with Crippen LogP contribution in [-0.2, 0) is 4.79 Å². The van der Waals surface area contributed by atoms with Crippen molar-refractivity contribution in [2.45, 2.75) is 31.7 Å². The highest BCUT2D eigenvalue weighted by atomic mass is 16.1. The molecule has 6 heteroatoms. The molecule has 2 aliphatic rings. The molecule has 0 radical (unpaired) electrons. The second-order valence-corrected chi connectivity index (χ2v) is 7.48. The number of primary amides is 1. The van der Waals surface area contributed by atoms with E-state index in [1.807, 2.05) is 6.07 Å². The van der Waals surface area contributed by atoms with Crippen LogP contribution in [0.4, 0.5) is 5.69 Å². The first kappa shape index (κ1) is 17.1. The minimum atomic E-state index is -0.136. The van der Waals surface area contributed by atoms with Crippen LogP contribution in [0, 0.1) is 5.92 Å². The van der Waals surface area contributed by atoms with E-state index in [1.54, 1.807) is 6.20 Å². The monoisotopic (exact) mass is 353 g/mol. The highest BCUT2D eigenvalue weighted by Gasteiger charge is 2.30. The van der Waals surface area contributed by atoms with Crippen LogP contribution in [0.15, 0.2) is 36.5 Å². The number of likely N-dealkylation sites (tertiary alicyclic amines) is 1. The van der Waals surface area contributed by atoms with Crippen molar-refractivity contribution < 1.29 is 4.79 Å². The number of amides is 1. The van der Waals surface area contributed by atoms with E-state index in [-0.39, 0.29) is 11.8 Å². The Balaban J connectivity index is 1.38. The predicted octanol–water partition coefficient (Wildman–Crippen LogP) is 2.24. The number of H-pyrrole nitrogens is 1. The number of carbonyl (C=O) groups is 1. The Morgan fingerprint density at radius 1 is 1.15 bits per heavy atom. The average molecular weight is 353 g/mol. The molecule has 4 rings (SSSR count). The largest absolute Gasteiger partial charge is 0.371 e. The van der Waals surface area contributed by atoms with Crippen LogP contribution in [0.2, 0.25) is 0 Å². The molecule has 0 spiro atoms. The molecule has 3 N–H and O–H groups in total. The molecule has 0 aliphatic carbocycles. The van der Waals surface area contributed by atoms with Crippen molar-refractivity contribution in [3.8, 4) is 11.3 Å². The topological polar surface area (TPSA) is 78.2 Å². The fraction of sp³-hybridized carbons (Fsp3) is 0.500. The molecule has 138 valence electrons. The Hall–Kier alpha value is -2.34. The molecule has 2 saturated heterocycles. The number of aromatic nitrogens is 2. The van der Waals surface area contributed by atoms with Gasteiger partial charge in [0.25, 0.3) is 0 Å². The molecule has 2 fully saturated rings. The number of piperidine rings is 2. The third-order valence-corrected chi connectivity index (χ3v) is 5.86. The van der Waals surface area contributed by atoms with Crippen molar-refractivity contribution in [2.24, 2.45) is 11.7 Å². The number of benzene rings is 1. The number of rotatable bonds is 4. The van der Waals surface area contributed by atoms with Crippen molar-refractivity contribution in [3.05, 3.63) is 36.5 Å². The van der Waals surface area contributed by atoms with Gasteiger partial charge in [0, 0.05) is 43.1 Å². The number of aromatic amines is 1. The highest BCUT2D eigenvalue weighted by Crippen LogP contribution is 2.28. The van der Waals surface area contributed by atoms with E-state index in [0.29, 0.717) is 6.04 Å². The number of hydrogen-bond acceptors (Lipinski definition) is 4. The van der Waals surface area contributed by atoms with E-state index in [2.05, 4.69) is 44.3 Å². The highest BCUT2D eigenvalue weighted by molar-refractivity contribution is 5.77. The van der Waals surface area contributed by atoms with Crippen molar-refractivity contribution >= 4 is 11.6 Å². The van der Waals surface area contributed by atoms with Crippen LogP contribution in [0.1, 0.15) is 25.7 Å². The Labute approximate surface area is 154 Å². The zero-order valence-corrected chi connectivity index (χ0v) is 15.1. The molecule has 1 aromatic carbocycles. The molecule has 1 atom stereocenters. The van der Waals surface area contributed by atoms with Gasteiger partial charge in [0.15, 0.2) is 0 Å². The quantitative estimate of drug-likeness (QED) is 0.884. The Bertz CT molecular complexity index is 736. The molecule has 0 bridgehead atoms. The number of anilines is 1. The van der Waals surface area contributed by atoms with E-state index in [1.165, 1.54) is 11.3 Å². The second kappa shape index (κ2) is 7.50. The fourth-order valence-electron chi connectivity index (χ4n) is 4.35. The van der Waals surface area contributed by atoms with Gasteiger partial charge < -0.3 is 10.6 Å². The van der Waals surface area contributed by atoms with Gasteiger partial charge >= 0.3 is 0 Å². The van der Waals surface area contributed by atoms with Crippen LogP contribution < -0.4 is 10.6 Å². The summed E-state index contributed by atoms with van der Waals surface area (Å²) >= 11 is 0. The summed E-state index contributed by atoms with van der Waals surface area (Å²) in [6, 6.07) is 11.2. The van der Waals surface area contributed by atoms with Crippen LogP contribution in [0.5, 0.6) is 0 Å². The minimum absolute atomic E-state index is 0.0351. The minimum Gasteiger partial charge on any atom is -0.371 e. The predicted molar refractivity (Wildman–Crippen MR) is 103 cm³/mol. The van der Waals surface area contributed by atoms with Crippen molar-refractivity contribution in [1.82, 2.24) is 15.1 Å². The zero-order valence-electron chi connectivity index (χ0n) is 15.1. The van der Waals surface area contributed by atoms with Gasteiger partial charge in [-0.1, -0.05) is 12.1 Å². The molecule has 0 saturated carbocycles. The van der Waals surface area contributed by atoms with Gasteiger partial charge in [0.1, 0.15) is 0 Å². The lowest BCUT2D eigenvalue weighted by molar-refractivity contribution is -0.123. The maximum Gasteiger partial charge on any atom is 0.221 e. The summed E-state index contributed by atoms with van der Waals surface area (Å²) in [4.78, 5) is 16.5. The third kappa shape index (κ3) is 3.60. The van der Waals surface area contributed by atoms with Crippen molar-refractivity contribution in [1.29, 1.82) is 0 Å². The molecule has 1 amide bonds. The summed E-state index contributed by atoms with van der Waals surface area (Å²) in [6.07, 6.45) is 6.09. The maximum atomic E-state index is 11.5. The molecule has 1 aromatic heterocycles. The molecule has 26 heavy (non-hydrogen) atoms. The Kier molecular flexibility index (Phi) is 4.93. The van der Waals surface area contributed by atoms with Crippen molar-refractivity contribution in [2.75, 3.05) is 31.1 Å². The molecule has 2 aliphatic heterocycles. The van der Waals surface area contributed by atoms with Gasteiger partial charge in [0.2, 0.25) is 5.91 Å². The lowest BCUT2D eigenvalue weighted by atomic mass is 9.93. The number of nitrogens with two attached hydrogens (primary N) is 1. The van der Waals surface area contributed by atoms with Crippen LogP contribution in [-0.4, -0.2) is 53.2 Å². The number of carbonyl (C=O) groups excluding carboxylic acids is 1. The lowest BCUT2D eigenvalue weighted by Gasteiger charge is -2.42. The van der Waals surface area contributed by atoms with E-state index < -0.39 is 0 Å². The Morgan fingerprint density at radius 3 is 2.73 bits per heavy atom. The summed E-state index contributed by atoms with van der Waals surface area (Å²) in [6.45, 7) is 4.04. The first-order valence-electron chi connectivity index (χ1n) is 9.59. The summed E-state index contributed by atoms with van der Waals surface area (Å²) < 4.78 is 0. The number of nitrogens with zero attached hydrogens (tertiary/aromatic N) is 3. The molecule has 3 heterocycles. The standard InChI is InChI=1S/C20H27N5O/c21-20(26)16-4-2-10-25(14-16)17-7-11-24(12-8-17)18-5-1-3-15(13-18)19-6-9-22-23-19/h1,3,5-6,9,13,16-17H,2,4,7-8,10-12,14H2,(H2,21,26)(H,22,23)/t16-/m1/s1. The first-order valence-corrected chi connectivity index (χ1v) is 9.59. The molecule has 6 nitrogen and oxygen atoms in total. The van der Waals surface area contributed by atoms with Gasteiger partial charge in [-0.2, -0.15) is 5.10 Å². The normalized spacial score (nSPS) is 22.5. The number of nitrogens with one attached hydrogen (secondary N) is 1. The van der Waals surface area contributed by atoms with E-state index in [0.717, 1.165) is 57.6 Å². The van der Waals surface area contributed by atoms with E-state index >= 15 is 0 Å². The molecule has 2 aromatic rings. The van der Waals surface area contributed by atoms with Gasteiger partial charge in [0.05, 0.1) is 11.6 Å². The van der Waals surface area contributed by atoms with Crippen LogP contribution >= 0.6 is 0 Å². The first-order chi connectivity index (χ1) is 12.7. The maximum absolute atomic E-state index is 11.5. The lowest BCUT2D eigenvalue weighted by Crippen LogP contribution is -2.50. The van der Waals surface area contributed by atoms with Gasteiger partial charge in [-0.15, -0.1) is 0 Å².